The molecule has 0 atom stereocenters. The van der Waals surface area contributed by atoms with Gasteiger partial charge in [0, 0.05) is 22.7 Å². The molecule has 0 N–H and O–H groups in total. The van der Waals surface area contributed by atoms with Gasteiger partial charge in [-0.3, -0.25) is 9.78 Å². The van der Waals surface area contributed by atoms with Crippen molar-refractivity contribution in [3.8, 4) is 0 Å². The molecule has 0 aliphatic carbocycles. The van der Waals surface area contributed by atoms with Crippen LogP contribution in [0.5, 0.6) is 0 Å². The number of Topliss-reactive ketones (excluding diaryl/α,β-unsaturated/α-hetero) is 1. The number of nitrogens with zero attached hydrogens (tertiary/aromatic N) is 1. The van der Waals surface area contributed by atoms with Crippen molar-refractivity contribution in [3.63, 3.8) is 0 Å². The summed E-state index contributed by atoms with van der Waals surface area (Å²) in [6, 6.07) is 2.05. The van der Waals surface area contributed by atoms with E-state index in [2.05, 4.69) is 4.98 Å². The molecule has 0 spiro atoms. The number of ketones is 1. The van der Waals surface area contributed by atoms with Crippen LogP contribution >= 0.6 is 11.8 Å². The Morgan fingerprint density at radius 2 is 2.07 bits per heavy atom. The fraction of sp³-hybridized carbons (Fsp3) is 0.500. The quantitative estimate of drug-likeness (QED) is 0.738. The molecule has 0 aromatic carbocycles. The highest BCUT2D eigenvalue weighted by Crippen LogP contribution is 2.23. The maximum atomic E-state index is 11.7. The van der Waals surface area contributed by atoms with Gasteiger partial charge in [0.2, 0.25) is 0 Å². The van der Waals surface area contributed by atoms with Crippen molar-refractivity contribution < 1.29 is 4.79 Å². The Bertz CT molecular complexity index is 355. The van der Waals surface area contributed by atoms with Crippen molar-refractivity contribution >= 4 is 17.5 Å². The zero-order valence-electron chi connectivity index (χ0n) is 9.70. The second kappa shape index (κ2) is 4.79. The number of aryl methyl sites for hydroxylation is 1. The molecule has 0 fully saturated rings. The second-order valence-electron chi connectivity index (χ2n) is 4.66. The molecule has 0 amide bonds. The number of carbonyl (C=O) groups excluding carboxylic acids is 1. The topological polar surface area (TPSA) is 30.0 Å². The van der Waals surface area contributed by atoms with E-state index in [0.29, 0.717) is 5.75 Å². The minimum absolute atomic E-state index is 0.246. The van der Waals surface area contributed by atoms with Crippen LogP contribution in [0.4, 0.5) is 0 Å². The molecule has 0 saturated heterocycles. The summed E-state index contributed by atoms with van der Waals surface area (Å²) in [5.41, 5.74) is 0.882. The average molecular weight is 223 g/mol. The summed E-state index contributed by atoms with van der Waals surface area (Å²) in [7, 11) is 0. The Kier molecular flexibility index (Phi) is 3.91. The fourth-order valence-corrected chi connectivity index (χ4v) is 2.11. The maximum Gasteiger partial charge on any atom is 0.148 e. The van der Waals surface area contributed by atoms with Gasteiger partial charge in [-0.15, -0.1) is 11.8 Å². The van der Waals surface area contributed by atoms with E-state index in [9.17, 15) is 4.79 Å². The van der Waals surface area contributed by atoms with Crippen molar-refractivity contribution in [2.75, 3.05) is 5.75 Å². The van der Waals surface area contributed by atoms with E-state index in [0.717, 1.165) is 10.5 Å². The molecule has 2 nitrogen and oxygen atoms in total. The van der Waals surface area contributed by atoms with Crippen LogP contribution in [0.25, 0.3) is 0 Å². The van der Waals surface area contributed by atoms with Gasteiger partial charge < -0.3 is 0 Å². The van der Waals surface area contributed by atoms with Crippen molar-refractivity contribution in [1.29, 1.82) is 0 Å². The van der Waals surface area contributed by atoms with Crippen LogP contribution in [0.1, 0.15) is 26.3 Å². The molecule has 0 saturated carbocycles. The lowest BCUT2D eigenvalue weighted by atomic mass is 9.92. The first-order valence-corrected chi connectivity index (χ1v) is 5.96. The van der Waals surface area contributed by atoms with Gasteiger partial charge in [0.25, 0.3) is 0 Å². The van der Waals surface area contributed by atoms with Crippen LogP contribution in [-0.2, 0) is 4.79 Å². The third kappa shape index (κ3) is 4.04. The summed E-state index contributed by atoms with van der Waals surface area (Å²) in [6.07, 6.45) is 3.61. The first kappa shape index (κ1) is 12.2. The molecular formula is C12H17NOS. The van der Waals surface area contributed by atoms with Crippen LogP contribution in [-0.4, -0.2) is 16.5 Å². The van der Waals surface area contributed by atoms with E-state index in [1.54, 1.807) is 18.0 Å². The first-order chi connectivity index (χ1) is 6.89. The van der Waals surface area contributed by atoms with Crippen molar-refractivity contribution in [3.05, 3.63) is 24.0 Å². The summed E-state index contributed by atoms with van der Waals surface area (Å²) >= 11 is 1.56. The fourth-order valence-electron chi connectivity index (χ4n) is 0.972. The maximum absolute atomic E-state index is 11.7. The molecule has 1 aromatic rings. The lowest BCUT2D eigenvalue weighted by Crippen LogP contribution is -2.21. The number of hydrogen-bond donors (Lipinski definition) is 0. The molecule has 0 bridgehead atoms. The average Bonchev–Trinajstić information content (AvgIpc) is 2.12. The van der Waals surface area contributed by atoms with E-state index >= 15 is 0 Å². The Labute approximate surface area is 95.5 Å². The molecule has 0 radical (unpaired) electrons. The Hall–Kier alpha value is -0.830. The summed E-state index contributed by atoms with van der Waals surface area (Å²) in [5, 5.41) is 0. The number of hydrogen-bond acceptors (Lipinski definition) is 3. The standard InChI is InChI=1S/C12H17NOS/c1-9-5-10(7-13-6-9)15-8-11(14)12(2,3)4/h5-7H,8H2,1-4H3. The Balaban J connectivity index is 2.55. The summed E-state index contributed by atoms with van der Waals surface area (Å²) < 4.78 is 0. The molecule has 0 aliphatic rings. The molecule has 0 aliphatic heterocycles. The monoisotopic (exact) mass is 223 g/mol. The van der Waals surface area contributed by atoms with E-state index in [1.165, 1.54) is 0 Å². The molecule has 3 heteroatoms. The van der Waals surface area contributed by atoms with E-state index < -0.39 is 0 Å². The third-order valence-electron chi connectivity index (χ3n) is 2.06. The summed E-state index contributed by atoms with van der Waals surface area (Å²) in [4.78, 5) is 16.8. The van der Waals surface area contributed by atoms with E-state index in [-0.39, 0.29) is 11.2 Å². The zero-order chi connectivity index (χ0) is 11.5. The lowest BCUT2D eigenvalue weighted by molar-refractivity contribution is -0.123. The number of rotatable bonds is 3. The van der Waals surface area contributed by atoms with E-state index in [4.69, 9.17) is 0 Å². The highest BCUT2D eigenvalue weighted by atomic mass is 32.2. The zero-order valence-corrected chi connectivity index (χ0v) is 10.5. The van der Waals surface area contributed by atoms with Gasteiger partial charge in [-0.05, 0) is 18.6 Å². The number of thioether (sulfide) groups is 1. The molecule has 1 heterocycles. The highest BCUT2D eigenvalue weighted by molar-refractivity contribution is 8.00. The lowest BCUT2D eigenvalue weighted by Gasteiger charge is -2.15. The Morgan fingerprint density at radius 3 is 2.60 bits per heavy atom. The van der Waals surface area contributed by atoms with Gasteiger partial charge in [-0.1, -0.05) is 20.8 Å². The number of carbonyl (C=O) groups is 1. The predicted molar refractivity (Wildman–Crippen MR) is 64.2 cm³/mol. The second-order valence-corrected chi connectivity index (χ2v) is 5.71. The SMILES string of the molecule is Cc1cncc(SCC(=O)C(C)(C)C)c1. The first-order valence-electron chi connectivity index (χ1n) is 4.97. The van der Waals surface area contributed by atoms with Crippen molar-refractivity contribution in [2.24, 2.45) is 5.41 Å². The van der Waals surface area contributed by atoms with Crippen LogP contribution in [0.2, 0.25) is 0 Å². The molecule has 1 rings (SSSR count). The van der Waals surface area contributed by atoms with Gasteiger partial charge >= 0.3 is 0 Å². The molecule has 15 heavy (non-hydrogen) atoms. The van der Waals surface area contributed by atoms with Gasteiger partial charge in [0.1, 0.15) is 5.78 Å². The van der Waals surface area contributed by atoms with Crippen LogP contribution in [0, 0.1) is 12.3 Å². The van der Waals surface area contributed by atoms with Gasteiger partial charge in [0.15, 0.2) is 0 Å². The van der Waals surface area contributed by atoms with Gasteiger partial charge in [0.05, 0.1) is 5.75 Å². The largest absolute Gasteiger partial charge is 0.298 e. The molecular weight excluding hydrogens is 206 g/mol. The summed E-state index contributed by atoms with van der Waals surface area (Å²) in [5.74, 6) is 0.795. The number of pyridine rings is 1. The minimum Gasteiger partial charge on any atom is -0.298 e. The van der Waals surface area contributed by atoms with Crippen molar-refractivity contribution in [1.82, 2.24) is 4.98 Å². The van der Waals surface area contributed by atoms with Crippen LogP contribution in [0.15, 0.2) is 23.4 Å². The highest BCUT2D eigenvalue weighted by Gasteiger charge is 2.20. The van der Waals surface area contributed by atoms with Gasteiger partial charge in [-0.25, -0.2) is 0 Å². The summed E-state index contributed by atoms with van der Waals surface area (Å²) in [6.45, 7) is 7.85. The smallest absolute Gasteiger partial charge is 0.148 e. The number of aromatic nitrogens is 1. The molecule has 0 unspecified atom stereocenters. The van der Waals surface area contributed by atoms with Crippen molar-refractivity contribution in [2.45, 2.75) is 32.6 Å². The van der Waals surface area contributed by atoms with Crippen LogP contribution < -0.4 is 0 Å². The third-order valence-corrected chi connectivity index (χ3v) is 3.02. The van der Waals surface area contributed by atoms with Gasteiger partial charge in [-0.2, -0.15) is 0 Å². The van der Waals surface area contributed by atoms with Crippen LogP contribution in [0.3, 0.4) is 0 Å². The molecule has 82 valence electrons. The molecule has 1 aromatic heterocycles. The predicted octanol–water partition coefficient (Wildman–Crippen LogP) is 3.10. The van der Waals surface area contributed by atoms with E-state index in [1.807, 2.05) is 40.0 Å². The minimum atomic E-state index is -0.246. The Morgan fingerprint density at radius 1 is 1.40 bits per heavy atom. The normalized spacial score (nSPS) is 11.5.